The van der Waals surface area contributed by atoms with Gasteiger partial charge in [-0.2, -0.15) is 0 Å². The van der Waals surface area contributed by atoms with E-state index in [0.29, 0.717) is 18.3 Å². The van der Waals surface area contributed by atoms with Gasteiger partial charge in [-0.05, 0) is 25.8 Å². The first-order valence-corrected chi connectivity index (χ1v) is 7.77. The van der Waals surface area contributed by atoms with Crippen LogP contribution in [0.25, 0.3) is 0 Å². The third-order valence-corrected chi connectivity index (χ3v) is 3.91. The molecule has 1 N–H and O–H groups in total. The number of rotatable bonds is 3. The molecule has 7 heteroatoms. The molecular weight excluding hydrogens is 292 g/mol. The molecule has 2 aromatic rings. The van der Waals surface area contributed by atoms with Crippen LogP contribution in [0.1, 0.15) is 37.2 Å². The Labute approximate surface area is 135 Å². The fraction of sp³-hybridized carbons (Fsp3) is 0.438. The fourth-order valence-corrected chi connectivity index (χ4v) is 2.79. The highest BCUT2D eigenvalue weighted by Crippen LogP contribution is 2.26. The lowest BCUT2D eigenvalue weighted by atomic mass is 9.97. The molecule has 1 aliphatic rings. The van der Waals surface area contributed by atoms with Crippen molar-refractivity contribution >= 4 is 17.7 Å². The van der Waals surface area contributed by atoms with Gasteiger partial charge in [-0.1, -0.05) is 0 Å². The van der Waals surface area contributed by atoms with Crippen molar-refractivity contribution in [2.45, 2.75) is 32.6 Å². The van der Waals surface area contributed by atoms with Gasteiger partial charge in [0.15, 0.2) is 0 Å². The van der Waals surface area contributed by atoms with E-state index in [4.69, 9.17) is 0 Å². The number of anilines is 2. The summed E-state index contributed by atoms with van der Waals surface area (Å²) in [5, 5.41) is 3.10. The van der Waals surface area contributed by atoms with Crippen molar-refractivity contribution in [2.75, 3.05) is 18.4 Å². The van der Waals surface area contributed by atoms with Crippen LogP contribution in [0, 0.1) is 6.92 Å². The first-order valence-electron chi connectivity index (χ1n) is 7.77. The number of hydrogen-bond acceptors (Lipinski definition) is 6. The average Bonchev–Trinajstić information content (AvgIpc) is 2.55. The van der Waals surface area contributed by atoms with Gasteiger partial charge in [0.25, 0.3) is 0 Å². The van der Waals surface area contributed by atoms with Crippen molar-refractivity contribution in [2.24, 2.45) is 0 Å². The number of carbonyl (C=O) groups is 1. The predicted octanol–water partition coefficient (Wildman–Crippen LogP) is 2.04. The van der Waals surface area contributed by atoms with Crippen molar-refractivity contribution in [3.63, 3.8) is 0 Å². The Bertz CT molecular complexity index is 690. The van der Waals surface area contributed by atoms with Crippen molar-refractivity contribution in [3.8, 4) is 0 Å². The Kier molecular flexibility index (Phi) is 4.45. The van der Waals surface area contributed by atoms with E-state index in [-0.39, 0.29) is 11.8 Å². The van der Waals surface area contributed by atoms with E-state index >= 15 is 0 Å². The van der Waals surface area contributed by atoms with Crippen molar-refractivity contribution in [1.82, 2.24) is 24.8 Å². The van der Waals surface area contributed by atoms with E-state index in [1.165, 1.54) is 0 Å². The number of nitrogens with zero attached hydrogens (tertiary/aromatic N) is 5. The number of nitrogens with one attached hydrogen (secondary N) is 1. The van der Waals surface area contributed by atoms with E-state index in [0.717, 1.165) is 30.9 Å². The minimum atomic E-state index is 0.110. The number of piperidine rings is 1. The highest BCUT2D eigenvalue weighted by Gasteiger charge is 2.25. The zero-order valence-electron chi connectivity index (χ0n) is 13.4. The zero-order chi connectivity index (χ0) is 16.2. The van der Waals surface area contributed by atoms with E-state index in [1.807, 2.05) is 17.9 Å². The van der Waals surface area contributed by atoms with Crippen LogP contribution in [-0.2, 0) is 4.79 Å². The minimum Gasteiger partial charge on any atom is -0.342 e. The van der Waals surface area contributed by atoms with Gasteiger partial charge in [0.2, 0.25) is 11.9 Å². The highest BCUT2D eigenvalue weighted by molar-refractivity contribution is 5.73. The highest BCUT2D eigenvalue weighted by atomic mass is 16.2. The lowest BCUT2D eigenvalue weighted by Gasteiger charge is -2.31. The van der Waals surface area contributed by atoms with Gasteiger partial charge >= 0.3 is 0 Å². The molecule has 2 aromatic heterocycles. The molecule has 3 rings (SSSR count). The SMILES string of the molecule is CC(=O)N1CCCC(c2nc(C)cc(Nc3ncccn3)n2)C1. The van der Waals surface area contributed by atoms with E-state index in [2.05, 4.69) is 25.3 Å². The van der Waals surface area contributed by atoms with Crippen LogP contribution >= 0.6 is 0 Å². The van der Waals surface area contributed by atoms with Gasteiger partial charge < -0.3 is 10.2 Å². The molecule has 23 heavy (non-hydrogen) atoms. The fourth-order valence-electron chi connectivity index (χ4n) is 2.79. The van der Waals surface area contributed by atoms with Gasteiger partial charge in [-0.3, -0.25) is 4.79 Å². The van der Waals surface area contributed by atoms with Gasteiger partial charge in [-0.25, -0.2) is 19.9 Å². The Balaban J connectivity index is 1.81. The number of carbonyl (C=O) groups excluding carboxylic acids is 1. The Morgan fingerprint density at radius 1 is 1.30 bits per heavy atom. The third kappa shape index (κ3) is 3.80. The summed E-state index contributed by atoms with van der Waals surface area (Å²) in [6.07, 6.45) is 5.33. The molecule has 1 amide bonds. The second-order valence-corrected chi connectivity index (χ2v) is 5.75. The second kappa shape index (κ2) is 6.68. The van der Waals surface area contributed by atoms with Crippen LogP contribution in [-0.4, -0.2) is 43.8 Å². The molecule has 0 saturated carbocycles. The van der Waals surface area contributed by atoms with Crippen molar-refractivity contribution in [1.29, 1.82) is 0 Å². The molecule has 120 valence electrons. The molecule has 3 heterocycles. The Hall–Kier alpha value is -2.57. The molecular formula is C16H20N6O. The maximum atomic E-state index is 11.6. The molecule has 0 spiro atoms. The summed E-state index contributed by atoms with van der Waals surface area (Å²) in [5.41, 5.74) is 0.883. The Morgan fingerprint density at radius 2 is 2.09 bits per heavy atom. The Morgan fingerprint density at radius 3 is 2.83 bits per heavy atom. The number of aromatic nitrogens is 4. The van der Waals surface area contributed by atoms with Crippen LogP contribution in [0.15, 0.2) is 24.5 Å². The molecule has 1 aliphatic heterocycles. The van der Waals surface area contributed by atoms with Crippen molar-refractivity contribution < 1.29 is 4.79 Å². The molecule has 0 aliphatic carbocycles. The van der Waals surface area contributed by atoms with Gasteiger partial charge in [0.05, 0.1) is 0 Å². The molecule has 1 atom stereocenters. The smallest absolute Gasteiger partial charge is 0.228 e. The monoisotopic (exact) mass is 312 g/mol. The lowest BCUT2D eigenvalue weighted by molar-refractivity contribution is -0.130. The topological polar surface area (TPSA) is 83.9 Å². The zero-order valence-corrected chi connectivity index (χ0v) is 13.4. The summed E-state index contributed by atoms with van der Waals surface area (Å²) in [4.78, 5) is 30.9. The van der Waals surface area contributed by atoms with Crippen molar-refractivity contribution in [3.05, 3.63) is 36.0 Å². The number of hydrogen-bond donors (Lipinski definition) is 1. The summed E-state index contributed by atoms with van der Waals surface area (Å²) in [5.74, 6) is 2.24. The maximum absolute atomic E-state index is 11.6. The summed E-state index contributed by atoms with van der Waals surface area (Å²) < 4.78 is 0. The first-order chi connectivity index (χ1) is 11.1. The van der Waals surface area contributed by atoms with Crippen LogP contribution in [0.4, 0.5) is 11.8 Å². The summed E-state index contributed by atoms with van der Waals surface area (Å²) >= 11 is 0. The summed E-state index contributed by atoms with van der Waals surface area (Å²) in [7, 11) is 0. The average molecular weight is 312 g/mol. The standard InChI is InChI=1S/C16H20N6O/c1-11-9-14(21-16-17-6-4-7-18-16)20-15(19-11)13-5-3-8-22(10-13)12(2)23/h4,6-7,9,13H,3,5,8,10H2,1-2H3,(H,17,18,19,20,21). The molecule has 0 aromatic carbocycles. The lowest BCUT2D eigenvalue weighted by Crippen LogP contribution is -2.38. The molecule has 1 unspecified atom stereocenters. The quantitative estimate of drug-likeness (QED) is 0.933. The van der Waals surface area contributed by atoms with Crippen LogP contribution in [0.2, 0.25) is 0 Å². The normalized spacial score (nSPS) is 17.8. The van der Waals surface area contributed by atoms with Gasteiger partial charge in [0.1, 0.15) is 11.6 Å². The number of likely N-dealkylation sites (tertiary alicyclic amines) is 1. The molecule has 1 saturated heterocycles. The largest absolute Gasteiger partial charge is 0.342 e. The molecule has 1 fully saturated rings. The minimum absolute atomic E-state index is 0.110. The van der Waals surface area contributed by atoms with Crippen LogP contribution < -0.4 is 5.32 Å². The molecule has 0 radical (unpaired) electrons. The van der Waals surface area contributed by atoms with E-state index in [9.17, 15) is 4.79 Å². The number of aryl methyl sites for hydroxylation is 1. The summed E-state index contributed by atoms with van der Waals surface area (Å²) in [6, 6.07) is 3.63. The first kappa shape index (κ1) is 15.3. The second-order valence-electron chi connectivity index (χ2n) is 5.75. The number of amides is 1. The maximum Gasteiger partial charge on any atom is 0.228 e. The van der Waals surface area contributed by atoms with Crippen LogP contribution in [0.3, 0.4) is 0 Å². The van der Waals surface area contributed by atoms with Crippen LogP contribution in [0.5, 0.6) is 0 Å². The van der Waals surface area contributed by atoms with E-state index < -0.39 is 0 Å². The van der Waals surface area contributed by atoms with Gasteiger partial charge in [0, 0.05) is 50.1 Å². The van der Waals surface area contributed by atoms with E-state index in [1.54, 1.807) is 25.4 Å². The third-order valence-electron chi connectivity index (χ3n) is 3.91. The predicted molar refractivity (Wildman–Crippen MR) is 86.3 cm³/mol. The molecule has 0 bridgehead atoms. The molecule has 7 nitrogen and oxygen atoms in total. The summed E-state index contributed by atoms with van der Waals surface area (Å²) in [6.45, 7) is 5.05. The van der Waals surface area contributed by atoms with Gasteiger partial charge in [-0.15, -0.1) is 0 Å².